The van der Waals surface area contributed by atoms with Crippen LogP contribution in [0.25, 0.3) is 0 Å². The molecule has 0 saturated heterocycles. The van der Waals surface area contributed by atoms with E-state index in [1.807, 2.05) is 0 Å². The number of hydrogen-bond donors (Lipinski definition) is 2. The number of amides is 3. The van der Waals surface area contributed by atoms with Gasteiger partial charge in [-0.1, -0.05) is 18.2 Å². The number of rotatable bonds is 12. The molecule has 0 radical (unpaired) electrons. The first kappa shape index (κ1) is 25.6. The number of pyridine rings is 1. The van der Waals surface area contributed by atoms with Gasteiger partial charge in [-0.3, -0.25) is 14.4 Å². The highest BCUT2D eigenvalue weighted by atomic mass is 19.1. The molecule has 0 bridgehead atoms. The fourth-order valence-corrected chi connectivity index (χ4v) is 3.39. The molecule has 0 aliphatic heterocycles. The van der Waals surface area contributed by atoms with Crippen LogP contribution in [0.3, 0.4) is 0 Å². The molecule has 0 aliphatic carbocycles. The Morgan fingerprint density at radius 2 is 1.89 bits per heavy atom. The third-order valence-electron chi connectivity index (χ3n) is 5.08. The van der Waals surface area contributed by atoms with Gasteiger partial charge >= 0.3 is 0 Å². The Morgan fingerprint density at radius 1 is 1.09 bits per heavy atom. The average Bonchev–Trinajstić information content (AvgIpc) is 3.37. The van der Waals surface area contributed by atoms with Crippen molar-refractivity contribution in [1.29, 1.82) is 0 Å². The fraction of sp³-hybridized carbons (Fsp3) is 0.280. The summed E-state index contributed by atoms with van der Waals surface area (Å²) in [5, 5.41) is 5.37. The molecule has 9 nitrogen and oxygen atoms in total. The van der Waals surface area contributed by atoms with Gasteiger partial charge < -0.3 is 24.7 Å². The van der Waals surface area contributed by atoms with E-state index < -0.39 is 29.6 Å². The molecule has 184 valence electrons. The molecule has 35 heavy (non-hydrogen) atoms. The summed E-state index contributed by atoms with van der Waals surface area (Å²) >= 11 is 0. The molecule has 2 aromatic heterocycles. The van der Waals surface area contributed by atoms with Crippen LogP contribution >= 0.6 is 0 Å². The number of halogens is 1. The van der Waals surface area contributed by atoms with E-state index in [0.717, 1.165) is 0 Å². The predicted molar refractivity (Wildman–Crippen MR) is 125 cm³/mol. The van der Waals surface area contributed by atoms with Crippen molar-refractivity contribution < 1.29 is 27.9 Å². The fourth-order valence-electron chi connectivity index (χ4n) is 3.39. The van der Waals surface area contributed by atoms with E-state index in [1.165, 1.54) is 42.5 Å². The monoisotopic (exact) mass is 482 g/mol. The van der Waals surface area contributed by atoms with Crippen molar-refractivity contribution in [1.82, 2.24) is 15.2 Å². The zero-order valence-corrected chi connectivity index (χ0v) is 19.3. The number of methoxy groups -OCH3 is 1. The normalized spacial score (nSPS) is 11.5. The molecule has 1 aromatic carbocycles. The molecular weight excluding hydrogens is 455 g/mol. The summed E-state index contributed by atoms with van der Waals surface area (Å²) in [4.78, 5) is 44.3. The summed E-state index contributed by atoms with van der Waals surface area (Å²) in [5.74, 6) is -0.951. The maximum atomic E-state index is 13.6. The van der Waals surface area contributed by atoms with E-state index >= 15 is 0 Å². The van der Waals surface area contributed by atoms with Gasteiger partial charge in [-0.25, -0.2) is 9.37 Å². The van der Waals surface area contributed by atoms with Crippen molar-refractivity contribution in [2.75, 3.05) is 25.6 Å². The van der Waals surface area contributed by atoms with Crippen LogP contribution in [0.5, 0.6) is 0 Å². The first-order chi connectivity index (χ1) is 17.0. The van der Waals surface area contributed by atoms with E-state index in [1.54, 1.807) is 36.5 Å². The van der Waals surface area contributed by atoms with Gasteiger partial charge in [0.1, 0.15) is 23.4 Å². The van der Waals surface area contributed by atoms with Crippen LogP contribution in [0.4, 0.5) is 10.2 Å². The largest absolute Gasteiger partial charge is 0.467 e. The average molecular weight is 483 g/mol. The molecule has 1 atom stereocenters. The highest BCUT2D eigenvalue weighted by molar-refractivity contribution is 5.94. The minimum absolute atomic E-state index is 0.0204. The molecule has 0 spiro atoms. The number of furan rings is 1. The molecule has 2 N–H and O–H groups in total. The minimum atomic E-state index is -1.08. The van der Waals surface area contributed by atoms with E-state index in [4.69, 9.17) is 9.15 Å². The highest BCUT2D eigenvalue weighted by Crippen LogP contribution is 2.25. The number of nitrogens with one attached hydrogen (secondary N) is 2. The van der Waals surface area contributed by atoms with Crippen molar-refractivity contribution in [2.45, 2.75) is 25.4 Å². The molecule has 0 unspecified atom stereocenters. The minimum Gasteiger partial charge on any atom is -0.467 e. The zero-order valence-electron chi connectivity index (χ0n) is 19.3. The van der Waals surface area contributed by atoms with Crippen molar-refractivity contribution in [2.24, 2.45) is 0 Å². The Morgan fingerprint density at radius 3 is 2.54 bits per heavy atom. The summed E-state index contributed by atoms with van der Waals surface area (Å²) in [5.41, 5.74) is 0.416. The topological polar surface area (TPSA) is 114 Å². The van der Waals surface area contributed by atoms with Crippen LogP contribution in [0.1, 0.15) is 30.2 Å². The third-order valence-corrected chi connectivity index (χ3v) is 5.08. The van der Waals surface area contributed by atoms with Crippen LogP contribution in [0.15, 0.2) is 71.5 Å². The maximum Gasteiger partial charge on any atom is 0.247 e. The van der Waals surface area contributed by atoms with E-state index in [2.05, 4.69) is 15.6 Å². The van der Waals surface area contributed by atoms with Crippen molar-refractivity contribution >= 4 is 23.5 Å². The number of hydrogen-bond acceptors (Lipinski definition) is 6. The number of carbonyl (C=O) groups is 3. The predicted octanol–water partition coefficient (Wildman–Crippen LogP) is 3.07. The Kier molecular flexibility index (Phi) is 9.49. The van der Waals surface area contributed by atoms with Gasteiger partial charge in [-0.05, 0) is 42.0 Å². The highest BCUT2D eigenvalue weighted by Gasteiger charge is 2.32. The molecule has 0 fully saturated rings. The van der Waals surface area contributed by atoms with Gasteiger partial charge in [-0.2, -0.15) is 0 Å². The number of ether oxygens (including phenoxy) is 1. The standard InChI is InChI=1S/C25H27FN4O5/c1-34-16-14-28-25(33)24(18-7-9-19(26)10-8-18)30(17-20-5-4-15-35-20)23(32)12-11-22(31)29-21-6-2-3-13-27-21/h2-10,13,15,24H,11-12,14,16-17H2,1H3,(H,28,33)(H,27,29,31)/t24-/m1/s1. The Bertz CT molecular complexity index is 1090. The Labute approximate surface area is 202 Å². The first-order valence-electron chi connectivity index (χ1n) is 11.0. The van der Waals surface area contributed by atoms with E-state index in [-0.39, 0.29) is 32.5 Å². The molecule has 3 amide bonds. The summed E-state index contributed by atoms with van der Waals surface area (Å²) < 4.78 is 24.0. The SMILES string of the molecule is COCCNC(=O)[C@@H](c1ccc(F)cc1)N(Cc1ccco1)C(=O)CCC(=O)Nc1ccccn1. The van der Waals surface area contributed by atoms with Gasteiger partial charge in [0.2, 0.25) is 17.7 Å². The maximum absolute atomic E-state index is 13.6. The van der Waals surface area contributed by atoms with Gasteiger partial charge in [0.25, 0.3) is 0 Å². The third kappa shape index (κ3) is 7.75. The molecular formula is C25H27FN4O5. The van der Waals surface area contributed by atoms with Crippen molar-refractivity contribution in [3.8, 4) is 0 Å². The summed E-state index contributed by atoms with van der Waals surface area (Å²) in [6, 6.07) is 12.7. The lowest BCUT2D eigenvalue weighted by atomic mass is 10.0. The second-order valence-electron chi connectivity index (χ2n) is 7.60. The van der Waals surface area contributed by atoms with E-state index in [0.29, 0.717) is 17.1 Å². The summed E-state index contributed by atoms with van der Waals surface area (Å²) in [6.07, 6.45) is 2.72. The molecule has 3 rings (SSSR count). The summed E-state index contributed by atoms with van der Waals surface area (Å²) in [7, 11) is 1.51. The Hall–Kier alpha value is -4.05. The number of aromatic nitrogens is 1. The number of benzene rings is 1. The lowest BCUT2D eigenvalue weighted by molar-refractivity contribution is -0.142. The van der Waals surface area contributed by atoms with Gasteiger partial charge in [0, 0.05) is 32.7 Å². The zero-order chi connectivity index (χ0) is 25.0. The van der Waals surface area contributed by atoms with Crippen molar-refractivity contribution in [3.63, 3.8) is 0 Å². The molecule has 2 heterocycles. The second kappa shape index (κ2) is 13.0. The lowest BCUT2D eigenvalue weighted by Gasteiger charge is -2.31. The second-order valence-corrected chi connectivity index (χ2v) is 7.60. The van der Waals surface area contributed by atoms with Gasteiger partial charge in [0.15, 0.2) is 0 Å². The van der Waals surface area contributed by atoms with Crippen LogP contribution in [-0.4, -0.2) is 47.9 Å². The Balaban J connectivity index is 1.81. The van der Waals surface area contributed by atoms with Crippen LogP contribution < -0.4 is 10.6 Å². The molecule has 3 aromatic rings. The lowest BCUT2D eigenvalue weighted by Crippen LogP contribution is -2.44. The van der Waals surface area contributed by atoms with Crippen LogP contribution in [0, 0.1) is 5.82 Å². The molecule has 10 heteroatoms. The van der Waals surface area contributed by atoms with Crippen LogP contribution in [0.2, 0.25) is 0 Å². The van der Waals surface area contributed by atoms with E-state index in [9.17, 15) is 18.8 Å². The van der Waals surface area contributed by atoms with Crippen molar-refractivity contribution in [3.05, 3.63) is 84.2 Å². The number of anilines is 1. The van der Waals surface area contributed by atoms with Crippen LogP contribution in [-0.2, 0) is 25.7 Å². The van der Waals surface area contributed by atoms with Gasteiger partial charge in [0.05, 0.1) is 19.4 Å². The summed E-state index contributed by atoms with van der Waals surface area (Å²) in [6.45, 7) is 0.484. The quantitative estimate of drug-likeness (QED) is 0.384. The molecule has 0 aliphatic rings. The smallest absolute Gasteiger partial charge is 0.247 e. The van der Waals surface area contributed by atoms with Gasteiger partial charge in [-0.15, -0.1) is 0 Å². The first-order valence-corrected chi connectivity index (χ1v) is 11.0. The number of nitrogens with zero attached hydrogens (tertiary/aromatic N) is 2. The molecule has 0 saturated carbocycles. The number of carbonyl (C=O) groups excluding carboxylic acids is 3.